The van der Waals surface area contributed by atoms with Crippen molar-refractivity contribution in [3.05, 3.63) is 35.9 Å². The smallest absolute Gasteiger partial charge is 0.111 e. The lowest BCUT2D eigenvalue weighted by Gasteiger charge is -2.21. The molecule has 0 aromatic heterocycles. The lowest BCUT2D eigenvalue weighted by Crippen LogP contribution is -2.31. The first-order valence-corrected chi connectivity index (χ1v) is 5.40. The molecule has 3 N–H and O–H groups in total. The molecule has 1 heterocycles. The summed E-state index contributed by atoms with van der Waals surface area (Å²) in [5.41, 5.74) is 7.13. The number of likely N-dealkylation sites (tertiary alicyclic amines) is 1. The van der Waals surface area contributed by atoms with Crippen molar-refractivity contribution in [2.24, 2.45) is 11.7 Å². The summed E-state index contributed by atoms with van der Waals surface area (Å²) in [5, 5.41) is 9.94. The normalized spacial score (nSPS) is 32.1. The Balaban J connectivity index is 2.02. The second kappa shape index (κ2) is 4.31. The Bertz CT molecular complexity index is 315. The summed E-state index contributed by atoms with van der Waals surface area (Å²) >= 11 is 0. The Morgan fingerprint density at radius 1 is 1.40 bits per heavy atom. The van der Waals surface area contributed by atoms with E-state index in [9.17, 15) is 5.11 Å². The van der Waals surface area contributed by atoms with Crippen LogP contribution in [0.4, 0.5) is 0 Å². The van der Waals surface area contributed by atoms with E-state index in [0.717, 1.165) is 13.1 Å². The van der Waals surface area contributed by atoms with Gasteiger partial charge in [0.1, 0.15) is 6.23 Å². The molecule has 0 spiro atoms. The maximum absolute atomic E-state index is 9.94. The molecule has 82 valence electrons. The van der Waals surface area contributed by atoms with E-state index in [0.29, 0.717) is 0 Å². The van der Waals surface area contributed by atoms with Crippen LogP contribution in [-0.2, 0) is 6.54 Å². The predicted octanol–water partition coefficient (Wildman–Crippen LogP) is 0.784. The second-order valence-electron chi connectivity index (χ2n) is 4.35. The van der Waals surface area contributed by atoms with Gasteiger partial charge in [0.25, 0.3) is 0 Å². The zero-order valence-corrected chi connectivity index (χ0v) is 9.00. The van der Waals surface area contributed by atoms with Gasteiger partial charge in [0.05, 0.1) is 0 Å². The number of aliphatic hydroxyl groups is 1. The monoisotopic (exact) mass is 206 g/mol. The van der Waals surface area contributed by atoms with Gasteiger partial charge in [0.15, 0.2) is 0 Å². The van der Waals surface area contributed by atoms with Gasteiger partial charge in [-0.05, 0) is 5.56 Å². The van der Waals surface area contributed by atoms with Crippen molar-refractivity contribution >= 4 is 0 Å². The number of hydrogen-bond donors (Lipinski definition) is 2. The van der Waals surface area contributed by atoms with Gasteiger partial charge in [-0.1, -0.05) is 37.3 Å². The standard InChI is InChI=1S/C12H18N2O/c1-9-11(13)8-14(12(9)15)7-10-5-3-2-4-6-10/h2-6,9,11-12,15H,7-8,13H2,1H3. The molecule has 0 aliphatic carbocycles. The molecule has 3 unspecified atom stereocenters. The summed E-state index contributed by atoms with van der Waals surface area (Å²) in [4.78, 5) is 2.03. The molecule has 0 bridgehead atoms. The van der Waals surface area contributed by atoms with Crippen molar-refractivity contribution in [1.29, 1.82) is 0 Å². The van der Waals surface area contributed by atoms with Gasteiger partial charge in [0.2, 0.25) is 0 Å². The van der Waals surface area contributed by atoms with Crippen molar-refractivity contribution < 1.29 is 5.11 Å². The molecule has 1 aromatic rings. The fourth-order valence-electron chi connectivity index (χ4n) is 2.07. The van der Waals surface area contributed by atoms with Crippen molar-refractivity contribution in [3.63, 3.8) is 0 Å². The van der Waals surface area contributed by atoms with E-state index in [-0.39, 0.29) is 12.0 Å². The fourth-order valence-corrected chi connectivity index (χ4v) is 2.07. The highest BCUT2D eigenvalue weighted by Crippen LogP contribution is 2.22. The minimum Gasteiger partial charge on any atom is -0.378 e. The molecule has 0 saturated carbocycles. The second-order valence-corrected chi connectivity index (χ2v) is 4.35. The molecule has 0 amide bonds. The molecular weight excluding hydrogens is 188 g/mol. The zero-order chi connectivity index (χ0) is 10.8. The third kappa shape index (κ3) is 2.20. The summed E-state index contributed by atoms with van der Waals surface area (Å²) in [6.07, 6.45) is -0.403. The first-order chi connectivity index (χ1) is 7.18. The maximum atomic E-state index is 9.94. The number of benzene rings is 1. The maximum Gasteiger partial charge on any atom is 0.111 e. The molecule has 1 aliphatic rings. The summed E-state index contributed by atoms with van der Waals surface area (Å²) in [7, 11) is 0. The number of nitrogens with two attached hydrogens (primary N) is 1. The van der Waals surface area contributed by atoms with E-state index in [2.05, 4.69) is 12.1 Å². The molecule has 15 heavy (non-hydrogen) atoms. The first-order valence-electron chi connectivity index (χ1n) is 5.40. The molecule has 3 atom stereocenters. The van der Waals surface area contributed by atoms with Gasteiger partial charge in [-0.2, -0.15) is 0 Å². The SMILES string of the molecule is CC1C(N)CN(Cc2ccccc2)C1O. The van der Waals surface area contributed by atoms with Crippen molar-refractivity contribution in [1.82, 2.24) is 4.90 Å². The molecule has 3 nitrogen and oxygen atoms in total. The molecular formula is C12H18N2O. The third-order valence-corrected chi connectivity index (χ3v) is 3.19. The molecule has 3 heteroatoms. The molecule has 1 aromatic carbocycles. The van der Waals surface area contributed by atoms with Crippen LogP contribution in [0.2, 0.25) is 0 Å². The third-order valence-electron chi connectivity index (χ3n) is 3.19. The predicted molar refractivity (Wildman–Crippen MR) is 60.0 cm³/mol. The van der Waals surface area contributed by atoms with E-state index in [1.807, 2.05) is 30.0 Å². The van der Waals surface area contributed by atoms with Crippen LogP contribution in [0.5, 0.6) is 0 Å². The largest absolute Gasteiger partial charge is 0.378 e. The molecule has 1 saturated heterocycles. The van der Waals surface area contributed by atoms with Gasteiger partial charge in [-0.25, -0.2) is 0 Å². The summed E-state index contributed by atoms with van der Waals surface area (Å²) in [6.45, 7) is 3.55. The van der Waals surface area contributed by atoms with Crippen LogP contribution in [0.3, 0.4) is 0 Å². The van der Waals surface area contributed by atoms with E-state index in [1.165, 1.54) is 5.56 Å². The average molecular weight is 206 g/mol. The van der Waals surface area contributed by atoms with Crippen LogP contribution in [0.25, 0.3) is 0 Å². The Hall–Kier alpha value is -0.900. The zero-order valence-electron chi connectivity index (χ0n) is 9.00. The number of rotatable bonds is 2. The summed E-state index contributed by atoms with van der Waals surface area (Å²) in [6, 6.07) is 10.3. The van der Waals surface area contributed by atoms with Gasteiger partial charge in [-0.15, -0.1) is 0 Å². The molecule has 0 radical (unpaired) electrons. The van der Waals surface area contributed by atoms with Crippen molar-refractivity contribution in [2.45, 2.75) is 25.7 Å². The Kier molecular flexibility index (Phi) is 3.05. The van der Waals surface area contributed by atoms with Crippen LogP contribution in [-0.4, -0.2) is 28.8 Å². The topological polar surface area (TPSA) is 49.5 Å². The highest BCUT2D eigenvalue weighted by atomic mass is 16.3. The fraction of sp³-hybridized carbons (Fsp3) is 0.500. The number of nitrogens with zero attached hydrogens (tertiary/aromatic N) is 1. The molecule has 1 aliphatic heterocycles. The van der Waals surface area contributed by atoms with E-state index in [4.69, 9.17) is 5.73 Å². The summed E-state index contributed by atoms with van der Waals surface area (Å²) < 4.78 is 0. The molecule has 1 fully saturated rings. The number of hydrogen-bond acceptors (Lipinski definition) is 3. The van der Waals surface area contributed by atoms with Crippen LogP contribution in [0.1, 0.15) is 12.5 Å². The van der Waals surface area contributed by atoms with Crippen LogP contribution >= 0.6 is 0 Å². The minimum absolute atomic E-state index is 0.0868. The van der Waals surface area contributed by atoms with Gasteiger partial charge in [0, 0.05) is 25.0 Å². The highest BCUT2D eigenvalue weighted by molar-refractivity contribution is 5.15. The highest BCUT2D eigenvalue weighted by Gasteiger charge is 2.35. The Morgan fingerprint density at radius 2 is 2.07 bits per heavy atom. The minimum atomic E-state index is -0.403. The van der Waals surface area contributed by atoms with Crippen LogP contribution < -0.4 is 5.73 Å². The first kappa shape index (κ1) is 10.6. The lowest BCUT2D eigenvalue weighted by atomic mass is 10.1. The van der Waals surface area contributed by atoms with E-state index in [1.54, 1.807) is 0 Å². The summed E-state index contributed by atoms with van der Waals surface area (Å²) in [5.74, 6) is 0.161. The van der Waals surface area contributed by atoms with Gasteiger partial charge in [-0.3, -0.25) is 4.90 Å². The van der Waals surface area contributed by atoms with Gasteiger partial charge < -0.3 is 10.8 Å². The van der Waals surface area contributed by atoms with Crippen molar-refractivity contribution in [2.75, 3.05) is 6.54 Å². The quantitative estimate of drug-likeness (QED) is 0.752. The number of aliphatic hydroxyl groups excluding tert-OH is 1. The lowest BCUT2D eigenvalue weighted by molar-refractivity contribution is 0.00711. The van der Waals surface area contributed by atoms with Crippen molar-refractivity contribution in [3.8, 4) is 0 Å². The van der Waals surface area contributed by atoms with Crippen LogP contribution in [0.15, 0.2) is 30.3 Å². The van der Waals surface area contributed by atoms with Crippen LogP contribution in [0, 0.1) is 5.92 Å². The van der Waals surface area contributed by atoms with Gasteiger partial charge >= 0.3 is 0 Å². The average Bonchev–Trinajstić information content (AvgIpc) is 2.48. The Morgan fingerprint density at radius 3 is 2.60 bits per heavy atom. The van der Waals surface area contributed by atoms with E-state index < -0.39 is 6.23 Å². The van der Waals surface area contributed by atoms with E-state index >= 15 is 0 Å². The Labute approximate surface area is 90.5 Å². The molecule has 2 rings (SSSR count).